The zero-order valence-electron chi connectivity index (χ0n) is 16.4. The summed E-state index contributed by atoms with van der Waals surface area (Å²) in [6.45, 7) is 1.46. The molecule has 4 rings (SSSR count). The van der Waals surface area contributed by atoms with Crippen LogP contribution in [-0.2, 0) is 4.74 Å². The van der Waals surface area contributed by atoms with E-state index in [1.165, 1.54) is 12.1 Å². The lowest BCUT2D eigenvalue weighted by Gasteiger charge is -2.12. The van der Waals surface area contributed by atoms with Crippen molar-refractivity contribution in [2.24, 2.45) is 5.92 Å². The lowest BCUT2D eigenvalue weighted by Crippen LogP contribution is -2.19. The smallest absolute Gasteiger partial charge is 0.465 e. The van der Waals surface area contributed by atoms with Gasteiger partial charge in [-0.15, -0.1) is 13.2 Å². The van der Waals surface area contributed by atoms with Gasteiger partial charge in [-0.3, -0.25) is 10.8 Å². The Balaban J connectivity index is 1.51. The van der Waals surface area contributed by atoms with Crippen LogP contribution in [0.3, 0.4) is 0 Å². The molecule has 0 atom stereocenters. The largest absolute Gasteiger partial charge is 0.573 e. The van der Waals surface area contributed by atoms with Gasteiger partial charge in [-0.1, -0.05) is 12.1 Å². The van der Waals surface area contributed by atoms with Crippen LogP contribution in [0.2, 0.25) is 0 Å². The summed E-state index contributed by atoms with van der Waals surface area (Å²) in [4.78, 5) is 0. The van der Waals surface area contributed by atoms with Gasteiger partial charge in [0, 0.05) is 5.92 Å². The Morgan fingerprint density at radius 1 is 1.16 bits per heavy atom. The number of aromatic nitrogens is 1. The Labute approximate surface area is 174 Å². The van der Waals surface area contributed by atoms with E-state index in [2.05, 4.69) is 9.89 Å². The van der Waals surface area contributed by atoms with Crippen LogP contribution in [-0.4, -0.2) is 29.9 Å². The fourth-order valence-corrected chi connectivity index (χ4v) is 3.07. The normalized spacial score (nSPS) is 13.8. The van der Waals surface area contributed by atoms with Crippen molar-refractivity contribution in [3.05, 3.63) is 42.0 Å². The van der Waals surface area contributed by atoms with E-state index in [9.17, 15) is 13.2 Å². The molecule has 7 nitrogen and oxygen atoms in total. The summed E-state index contributed by atoms with van der Waals surface area (Å²) in [5.41, 5.74) is 2.47. The van der Waals surface area contributed by atoms with E-state index in [0.717, 1.165) is 18.4 Å². The molecular formula is C21H18F3N3O4. The number of nitrogens with one attached hydrogen (secondary N) is 2. The Morgan fingerprint density at radius 2 is 1.94 bits per heavy atom. The second kappa shape index (κ2) is 7.93. The molecule has 2 N–H and O–H groups in total. The Kier molecular flexibility index (Phi) is 5.30. The van der Waals surface area contributed by atoms with E-state index >= 15 is 0 Å². The maximum Gasteiger partial charge on any atom is 0.573 e. The molecule has 0 bridgehead atoms. The summed E-state index contributed by atoms with van der Waals surface area (Å²) >= 11 is 0. The van der Waals surface area contributed by atoms with Crippen LogP contribution in [0.15, 0.2) is 40.9 Å². The van der Waals surface area contributed by atoms with E-state index in [0.29, 0.717) is 22.1 Å². The first-order valence-electron chi connectivity index (χ1n) is 9.42. The number of halogens is 3. The number of aryl methyl sites for hydroxylation is 1. The van der Waals surface area contributed by atoms with Crippen molar-refractivity contribution in [2.75, 3.05) is 6.61 Å². The predicted molar refractivity (Wildman–Crippen MR) is 106 cm³/mol. The third kappa shape index (κ3) is 4.96. The van der Waals surface area contributed by atoms with Crippen LogP contribution >= 0.6 is 0 Å². The first-order valence-corrected chi connectivity index (χ1v) is 9.42. The highest BCUT2D eigenvalue weighted by atomic mass is 19.4. The van der Waals surface area contributed by atoms with Gasteiger partial charge in [-0.05, 0) is 65.9 Å². The molecular weight excluding hydrogens is 415 g/mol. The van der Waals surface area contributed by atoms with E-state index in [4.69, 9.17) is 24.8 Å². The number of fused-ring (bicyclic) bond motifs is 1. The summed E-state index contributed by atoms with van der Waals surface area (Å²) in [7, 11) is 0. The number of alkyl halides is 3. The number of benzene rings is 2. The molecule has 31 heavy (non-hydrogen) atoms. The molecule has 1 heterocycles. The van der Waals surface area contributed by atoms with E-state index in [1.54, 1.807) is 31.2 Å². The van der Waals surface area contributed by atoms with Gasteiger partial charge in [0.2, 0.25) is 5.90 Å². The average molecular weight is 433 g/mol. The third-order valence-electron chi connectivity index (χ3n) is 4.70. The summed E-state index contributed by atoms with van der Waals surface area (Å²) in [6.07, 6.45) is -2.96. The second-order valence-corrected chi connectivity index (χ2v) is 7.18. The highest BCUT2D eigenvalue weighted by molar-refractivity contribution is 5.92. The summed E-state index contributed by atoms with van der Waals surface area (Å²) in [5, 5.41) is 19.9. The van der Waals surface area contributed by atoms with Crippen LogP contribution < -0.4 is 9.47 Å². The standard InChI is InChI=1S/C21H18F3N3O4/c1-11-8-14(30-21(22,23)24)5-6-15(11)13-4-7-17-16(9-13)20(27-31-17)28-10-18(25)29-19(26)12-2-3-12/h4-9,12,25-26H,2-3,10H2,1H3. The molecule has 0 unspecified atom stereocenters. The molecule has 162 valence electrons. The maximum absolute atomic E-state index is 12.4. The van der Waals surface area contributed by atoms with Crippen LogP contribution in [0.25, 0.3) is 22.1 Å². The van der Waals surface area contributed by atoms with Crippen molar-refractivity contribution in [2.45, 2.75) is 26.1 Å². The lowest BCUT2D eigenvalue weighted by atomic mass is 9.99. The van der Waals surface area contributed by atoms with Crippen molar-refractivity contribution in [3.8, 4) is 22.8 Å². The lowest BCUT2D eigenvalue weighted by molar-refractivity contribution is -0.274. The van der Waals surface area contributed by atoms with Gasteiger partial charge in [0.1, 0.15) is 5.75 Å². The van der Waals surface area contributed by atoms with Crippen LogP contribution in [0, 0.1) is 23.7 Å². The average Bonchev–Trinajstić information content (AvgIpc) is 3.46. The van der Waals surface area contributed by atoms with Gasteiger partial charge < -0.3 is 18.7 Å². The molecule has 0 spiro atoms. The molecule has 0 aliphatic heterocycles. The maximum atomic E-state index is 12.4. The molecule has 0 amide bonds. The molecule has 1 aliphatic carbocycles. The number of nitrogens with zero attached hydrogens (tertiary/aromatic N) is 1. The summed E-state index contributed by atoms with van der Waals surface area (Å²) in [6, 6.07) is 9.27. The zero-order valence-corrected chi connectivity index (χ0v) is 16.4. The topological polar surface area (TPSA) is 101 Å². The number of hydrogen-bond donors (Lipinski definition) is 2. The van der Waals surface area contributed by atoms with E-state index in [1.807, 2.05) is 0 Å². The van der Waals surface area contributed by atoms with Gasteiger partial charge >= 0.3 is 6.36 Å². The second-order valence-electron chi connectivity index (χ2n) is 7.18. The van der Waals surface area contributed by atoms with Crippen LogP contribution in [0.5, 0.6) is 11.6 Å². The van der Waals surface area contributed by atoms with Crippen LogP contribution in [0.4, 0.5) is 13.2 Å². The molecule has 1 aliphatic rings. The van der Waals surface area contributed by atoms with Gasteiger partial charge in [0.05, 0.1) is 5.39 Å². The molecule has 2 aromatic carbocycles. The van der Waals surface area contributed by atoms with Crippen molar-refractivity contribution >= 4 is 22.8 Å². The minimum absolute atomic E-state index is 0.0642. The molecule has 0 radical (unpaired) electrons. The Hall–Kier alpha value is -3.56. The van der Waals surface area contributed by atoms with E-state index < -0.39 is 6.36 Å². The molecule has 0 saturated heterocycles. The Morgan fingerprint density at radius 3 is 2.61 bits per heavy atom. The highest BCUT2D eigenvalue weighted by Gasteiger charge is 2.31. The SMILES string of the molecule is Cc1cc(OC(F)(F)F)ccc1-c1ccc2onc(OCC(=N)OC(=N)C3CC3)c2c1. The molecule has 1 saturated carbocycles. The third-order valence-corrected chi connectivity index (χ3v) is 4.70. The van der Waals surface area contributed by atoms with Crippen molar-refractivity contribution < 1.29 is 31.9 Å². The molecule has 10 heteroatoms. The predicted octanol–water partition coefficient (Wildman–Crippen LogP) is 5.46. The molecule has 1 fully saturated rings. The minimum atomic E-state index is -4.75. The van der Waals surface area contributed by atoms with Gasteiger partial charge in [-0.2, -0.15) is 0 Å². The molecule has 1 aromatic heterocycles. The first kappa shape index (κ1) is 20.7. The quantitative estimate of drug-likeness (QED) is 0.397. The zero-order chi connectivity index (χ0) is 22.2. The number of ether oxygens (including phenoxy) is 3. The fourth-order valence-electron chi connectivity index (χ4n) is 3.07. The van der Waals surface area contributed by atoms with Gasteiger partial charge in [0.25, 0.3) is 5.88 Å². The molecule has 3 aromatic rings. The summed E-state index contributed by atoms with van der Waals surface area (Å²) in [5.74, 6) is -0.196. The van der Waals surface area contributed by atoms with Crippen molar-refractivity contribution in [1.82, 2.24) is 5.16 Å². The van der Waals surface area contributed by atoms with Crippen molar-refractivity contribution in [1.29, 1.82) is 10.8 Å². The van der Waals surface area contributed by atoms with Gasteiger partial charge in [0.15, 0.2) is 18.1 Å². The van der Waals surface area contributed by atoms with Gasteiger partial charge in [-0.25, -0.2) is 0 Å². The van der Waals surface area contributed by atoms with E-state index in [-0.39, 0.29) is 35.9 Å². The van der Waals surface area contributed by atoms with Crippen LogP contribution in [0.1, 0.15) is 18.4 Å². The van der Waals surface area contributed by atoms with Crippen molar-refractivity contribution in [3.63, 3.8) is 0 Å². The fraction of sp³-hybridized carbons (Fsp3) is 0.286. The number of rotatable bonds is 6. The highest BCUT2D eigenvalue weighted by Crippen LogP contribution is 2.34. The minimum Gasteiger partial charge on any atom is -0.465 e. The first-order chi connectivity index (χ1) is 14.7. The number of hydrogen-bond acceptors (Lipinski definition) is 7. The Bertz CT molecular complexity index is 1150. The summed E-state index contributed by atoms with van der Waals surface area (Å²) < 4.78 is 57.1. The monoisotopic (exact) mass is 433 g/mol.